The largest absolute Gasteiger partial charge is 0.322 e. The second kappa shape index (κ2) is 7.73. The number of hydrogen-bond acceptors (Lipinski definition) is 3. The third-order valence-corrected chi connectivity index (χ3v) is 4.71. The lowest BCUT2D eigenvalue weighted by Gasteiger charge is -2.06. The molecule has 0 aliphatic heterocycles. The number of para-hydroxylation sites is 1. The molecule has 3 rings (SSSR count). The van der Waals surface area contributed by atoms with Crippen LogP contribution in [0.5, 0.6) is 0 Å². The summed E-state index contributed by atoms with van der Waals surface area (Å²) in [5, 5.41) is 2.76. The molecule has 1 heterocycles. The Balaban J connectivity index is 1.84. The minimum absolute atomic E-state index is 0.144. The standard InChI is InChI=1S/C21H17NO2S/c1-15(23)19(21(24)22-17-10-6-3-7-11-17)14-18-12-13-20(25-18)16-8-4-2-5-9-16/h2-14H,1H3,(H,22,24)/b19-14+. The summed E-state index contributed by atoms with van der Waals surface area (Å²) in [6.45, 7) is 1.40. The Kier molecular flexibility index (Phi) is 5.21. The molecule has 3 aromatic rings. The van der Waals surface area contributed by atoms with Gasteiger partial charge in [0.05, 0.1) is 5.57 Å². The van der Waals surface area contributed by atoms with Gasteiger partial charge in [-0.2, -0.15) is 0 Å². The fraction of sp³-hybridized carbons (Fsp3) is 0.0476. The van der Waals surface area contributed by atoms with Crippen LogP contribution in [0.25, 0.3) is 16.5 Å². The van der Waals surface area contributed by atoms with Crippen LogP contribution in [0.4, 0.5) is 5.69 Å². The van der Waals surface area contributed by atoms with Gasteiger partial charge in [-0.05, 0) is 42.8 Å². The van der Waals surface area contributed by atoms with E-state index in [0.717, 1.165) is 15.3 Å². The Morgan fingerprint density at radius 3 is 2.16 bits per heavy atom. The number of anilines is 1. The fourth-order valence-corrected chi connectivity index (χ4v) is 3.33. The first-order valence-electron chi connectivity index (χ1n) is 7.88. The summed E-state index contributed by atoms with van der Waals surface area (Å²) in [7, 11) is 0. The summed E-state index contributed by atoms with van der Waals surface area (Å²) >= 11 is 1.55. The van der Waals surface area contributed by atoms with E-state index in [1.54, 1.807) is 29.5 Å². The summed E-state index contributed by atoms with van der Waals surface area (Å²) in [5.74, 6) is -0.656. The number of rotatable bonds is 5. The first-order chi connectivity index (χ1) is 12.1. The maximum absolute atomic E-state index is 12.4. The van der Waals surface area contributed by atoms with E-state index in [-0.39, 0.29) is 11.4 Å². The molecule has 1 aromatic heterocycles. The monoisotopic (exact) mass is 347 g/mol. The van der Waals surface area contributed by atoms with Crippen molar-refractivity contribution >= 4 is 34.8 Å². The molecule has 0 bridgehead atoms. The van der Waals surface area contributed by atoms with E-state index in [1.807, 2.05) is 60.7 Å². The van der Waals surface area contributed by atoms with Crippen molar-refractivity contribution in [1.29, 1.82) is 0 Å². The molecular formula is C21H17NO2S. The first-order valence-corrected chi connectivity index (χ1v) is 8.69. The van der Waals surface area contributed by atoms with E-state index < -0.39 is 5.91 Å². The molecule has 0 atom stereocenters. The number of carbonyl (C=O) groups excluding carboxylic acids is 2. The van der Waals surface area contributed by atoms with Gasteiger partial charge in [-0.25, -0.2) is 0 Å². The molecule has 1 N–H and O–H groups in total. The molecule has 0 radical (unpaired) electrons. The highest BCUT2D eigenvalue weighted by atomic mass is 32.1. The van der Waals surface area contributed by atoms with Crippen LogP contribution in [-0.2, 0) is 9.59 Å². The van der Waals surface area contributed by atoms with Crippen LogP contribution in [0.2, 0.25) is 0 Å². The molecule has 0 spiro atoms. The third kappa shape index (κ3) is 4.31. The van der Waals surface area contributed by atoms with E-state index in [4.69, 9.17) is 0 Å². The van der Waals surface area contributed by atoms with Gasteiger partial charge in [0.25, 0.3) is 5.91 Å². The zero-order chi connectivity index (χ0) is 17.6. The van der Waals surface area contributed by atoms with Gasteiger partial charge >= 0.3 is 0 Å². The summed E-state index contributed by atoms with van der Waals surface area (Å²) < 4.78 is 0. The average Bonchev–Trinajstić information content (AvgIpc) is 3.10. The topological polar surface area (TPSA) is 46.2 Å². The van der Waals surface area contributed by atoms with Gasteiger partial charge in [0.15, 0.2) is 5.78 Å². The van der Waals surface area contributed by atoms with E-state index in [2.05, 4.69) is 5.32 Å². The highest BCUT2D eigenvalue weighted by Gasteiger charge is 2.15. The SMILES string of the molecule is CC(=O)/C(=C\c1ccc(-c2ccccc2)s1)C(=O)Nc1ccccc1. The first kappa shape index (κ1) is 16.9. The molecule has 0 fully saturated rings. The molecule has 4 heteroatoms. The number of hydrogen-bond donors (Lipinski definition) is 1. The molecule has 0 saturated carbocycles. The number of thiophene rings is 1. The van der Waals surface area contributed by atoms with Gasteiger partial charge in [-0.3, -0.25) is 9.59 Å². The van der Waals surface area contributed by atoms with Crippen molar-refractivity contribution in [2.24, 2.45) is 0 Å². The lowest BCUT2D eigenvalue weighted by atomic mass is 10.1. The molecule has 25 heavy (non-hydrogen) atoms. The number of carbonyl (C=O) groups is 2. The number of Topliss-reactive ketones (excluding diaryl/α,β-unsaturated/α-hetero) is 1. The van der Waals surface area contributed by atoms with Crippen molar-refractivity contribution in [1.82, 2.24) is 0 Å². The highest BCUT2D eigenvalue weighted by molar-refractivity contribution is 7.16. The summed E-state index contributed by atoms with van der Waals surface area (Å²) in [4.78, 5) is 26.3. The van der Waals surface area contributed by atoms with Crippen molar-refractivity contribution in [2.45, 2.75) is 6.92 Å². The average molecular weight is 347 g/mol. The Bertz CT molecular complexity index is 911. The highest BCUT2D eigenvalue weighted by Crippen LogP contribution is 2.29. The predicted octanol–water partition coefficient (Wildman–Crippen LogP) is 5.03. The van der Waals surface area contributed by atoms with Gasteiger partial charge in [0.2, 0.25) is 0 Å². The van der Waals surface area contributed by atoms with Crippen LogP contribution < -0.4 is 5.32 Å². The van der Waals surface area contributed by atoms with Gasteiger partial charge in [-0.15, -0.1) is 11.3 Å². The molecule has 0 unspecified atom stereocenters. The second-order valence-electron chi connectivity index (χ2n) is 5.50. The van der Waals surface area contributed by atoms with Crippen LogP contribution >= 0.6 is 11.3 Å². The van der Waals surface area contributed by atoms with Crippen LogP contribution in [0.15, 0.2) is 78.4 Å². The Morgan fingerprint density at radius 1 is 0.880 bits per heavy atom. The van der Waals surface area contributed by atoms with Gasteiger partial charge in [0.1, 0.15) is 0 Å². The molecule has 2 aromatic carbocycles. The number of benzene rings is 2. The molecule has 0 saturated heterocycles. The van der Waals surface area contributed by atoms with Gasteiger partial charge in [0, 0.05) is 15.4 Å². The normalized spacial score (nSPS) is 11.2. The predicted molar refractivity (Wildman–Crippen MR) is 103 cm³/mol. The number of amides is 1. The van der Waals surface area contributed by atoms with Crippen LogP contribution in [0.1, 0.15) is 11.8 Å². The molecule has 1 amide bonds. The Hall–Kier alpha value is -2.98. The minimum atomic E-state index is -0.395. The molecule has 3 nitrogen and oxygen atoms in total. The van der Waals surface area contributed by atoms with Crippen molar-refractivity contribution in [3.05, 3.63) is 83.2 Å². The molecule has 0 aliphatic rings. The van der Waals surface area contributed by atoms with Crippen molar-refractivity contribution in [3.8, 4) is 10.4 Å². The maximum Gasteiger partial charge on any atom is 0.259 e. The Morgan fingerprint density at radius 2 is 1.52 bits per heavy atom. The van der Waals surface area contributed by atoms with Crippen LogP contribution in [0, 0.1) is 0 Å². The second-order valence-corrected chi connectivity index (χ2v) is 6.62. The molecule has 124 valence electrons. The van der Waals surface area contributed by atoms with E-state index in [0.29, 0.717) is 5.69 Å². The summed E-state index contributed by atoms with van der Waals surface area (Å²) in [5.41, 5.74) is 1.92. The maximum atomic E-state index is 12.4. The number of ketones is 1. The number of nitrogens with one attached hydrogen (secondary N) is 1. The van der Waals surface area contributed by atoms with Crippen molar-refractivity contribution < 1.29 is 9.59 Å². The zero-order valence-electron chi connectivity index (χ0n) is 13.7. The van der Waals surface area contributed by atoms with Crippen molar-refractivity contribution in [3.63, 3.8) is 0 Å². The summed E-state index contributed by atoms with van der Waals surface area (Å²) in [6.07, 6.45) is 1.65. The zero-order valence-corrected chi connectivity index (χ0v) is 14.5. The fourth-order valence-electron chi connectivity index (χ4n) is 2.38. The lowest BCUT2D eigenvalue weighted by molar-refractivity contribution is -0.118. The van der Waals surface area contributed by atoms with Crippen LogP contribution in [-0.4, -0.2) is 11.7 Å². The lowest BCUT2D eigenvalue weighted by Crippen LogP contribution is -2.18. The molecular weight excluding hydrogens is 330 g/mol. The third-order valence-electron chi connectivity index (χ3n) is 3.63. The molecule has 0 aliphatic carbocycles. The summed E-state index contributed by atoms with van der Waals surface area (Å²) in [6, 6.07) is 23.0. The van der Waals surface area contributed by atoms with Gasteiger partial charge < -0.3 is 5.32 Å². The van der Waals surface area contributed by atoms with Crippen LogP contribution in [0.3, 0.4) is 0 Å². The quantitative estimate of drug-likeness (QED) is 0.400. The van der Waals surface area contributed by atoms with E-state index >= 15 is 0 Å². The van der Waals surface area contributed by atoms with E-state index in [1.165, 1.54) is 6.92 Å². The smallest absolute Gasteiger partial charge is 0.259 e. The van der Waals surface area contributed by atoms with E-state index in [9.17, 15) is 9.59 Å². The minimum Gasteiger partial charge on any atom is -0.322 e. The van der Waals surface area contributed by atoms with Crippen molar-refractivity contribution in [2.75, 3.05) is 5.32 Å². The van der Waals surface area contributed by atoms with Gasteiger partial charge in [-0.1, -0.05) is 48.5 Å². The Labute approximate surface area is 150 Å².